The van der Waals surface area contributed by atoms with Gasteiger partial charge in [0.15, 0.2) is 11.5 Å². The van der Waals surface area contributed by atoms with E-state index >= 15 is 0 Å². The highest BCUT2D eigenvalue weighted by atomic mass is 16.4. The number of anilines is 1. The summed E-state index contributed by atoms with van der Waals surface area (Å²) in [6.45, 7) is 5.96. The Morgan fingerprint density at radius 3 is 2.53 bits per heavy atom. The maximum atomic E-state index is 5.54. The summed E-state index contributed by atoms with van der Waals surface area (Å²) in [6, 6.07) is 3.93. The lowest BCUT2D eigenvalue weighted by molar-refractivity contribution is 0.510. The van der Waals surface area contributed by atoms with Crippen molar-refractivity contribution in [2.75, 3.05) is 5.73 Å². The van der Waals surface area contributed by atoms with Gasteiger partial charge < -0.3 is 14.6 Å². The highest BCUT2D eigenvalue weighted by Crippen LogP contribution is 2.31. The second kappa shape index (κ2) is 3.46. The summed E-state index contributed by atoms with van der Waals surface area (Å²) in [5.74, 6) is 2.41. The molecule has 4 heteroatoms. The third-order valence-corrected chi connectivity index (χ3v) is 2.18. The van der Waals surface area contributed by atoms with Crippen LogP contribution < -0.4 is 5.73 Å². The van der Waals surface area contributed by atoms with E-state index in [1.807, 2.05) is 32.9 Å². The van der Waals surface area contributed by atoms with Gasteiger partial charge in [0.1, 0.15) is 5.76 Å². The van der Waals surface area contributed by atoms with Gasteiger partial charge >= 0.3 is 0 Å². The molecular formula is C11H14N2O2. The average Bonchev–Trinajstić information content (AvgIpc) is 2.71. The zero-order valence-corrected chi connectivity index (χ0v) is 9.07. The van der Waals surface area contributed by atoms with Crippen molar-refractivity contribution in [3.8, 4) is 11.5 Å². The first-order valence-electron chi connectivity index (χ1n) is 4.91. The Balaban J connectivity index is 2.52. The smallest absolute Gasteiger partial charge is 0.292 e. The van der Waals surface area contributed by atoms with E-state index in [9.17, 15) is 0 Å². The predicted molar refractivity (Wildman–Crippen MR) is 57.4 cm³/mol. The fourth-order valence-corrected chi connectivity index (χ4v) is 1.47. The summed E-state index contributed by atoms with van der Waals surface area (Å²) in [5, 5.41) is 0. The van der Waals surface area contributed by atoms with E-state index in [1.54, 1.807) is 0 Å². The number of hydrogen-bond donors (Lipinski definition) is 1. The van der Waals surface area contributed by atoms with Crippen molar-refractivity contribution in [2.24, 2.45) is 0 Å². The van der Waals surface area contributed by atoms with Crippen LogP contribution in [0.4, 0.5) is 6.01 Å². The summed E-state index contributed by atoms with van der Waals surface area (Å²) in [5.41, 5.74) is 6.38. The molecule has 2 heterocycles. The topological polar surface area (TPSA) is 65.2 Å². The number of aryl methyl sites for hydroxylation is 1. The molecule has 0 aromatic carbocycles. The monoisotopic (exact) mass is 206 g/mol. The predicted octanol–water partition coefficient (Wildman–Crippen LogP) is 2.95. The van der Waals surface area contributed by atoms with Crippen LogP contribution in [0, 0.1) is 6.92 Å². The van der Waals surface area contributed by atoms with E-state index in [0.717, 1.165) is 11.5 Å². The minimum Gasteiger partial charge on any atom is -0.458 e. The van der Waals surface area contributed by atoms with Crippen LogP contribution in [-0.2, 0) is 0 Å². The Hall–Kier alpha value is -1.71. The molecule has 0 spiro atoms. The maximum Gasteiger partial charge on any atom is 0.292 e. The van der Waals surface area contributed by atoms with Gasteiger partial charge in [-0.1, -0.05) is 13.8 Å². The van der Waals surface area contributed by atoms with Crippen molar-refractivity contribution >= 4 is 6.01 Å². The molecule has 2 N–H and O–H groups in total. The molecular weight excluding hydrogens is 192 g/mol. The number of rotatable bonds is 2. The van der Waals surface area contributed by atoms with E-state index in [4.69, 9.17) is 14.6 Å². The summed E-state index contributed by atoms with van der Waals surface area (Å²) in [4.78, 5) is 4.15. The van der Waals surface area contributed by atoms with E-state index in [0.29, 0.717) is 11.5 Å². The molecule has 0 amide bonds. The molecule has 0 saturated heterocycles. The second-order valence-corrected chi connectivity index (χ2v) is 3.83. The Bertz CT molecular complexity index is 469. The van der Waals surface area contributed by atoms with Gasteiger partial charge in [-0.25, -0.2) is 0 Å². The highest BCUT2D eigenvalue weighted by Gasteiger charge is 2.18. The van der Waals surface area contributed by atoms with Crippen LogP contribution in [0.25, 0.3) is 11.5 Å². The van der Waals surface area contributed by atoms with E-state index in [2.05, 4.69) is 4.98 Å². The normalized spacial score (nSPS) is 11.2. The van der Waals surface area contributed by atoms with Gasteiger partial charge in [0.05, 0.1) is 5.69 Å². The van der Waals surface area contributed by atoms with E-state index in [1.165, 1.54) is 0 Å². The minimum atomic E-state index is 0.183. The first kappa shape index (κ1) is 9.83. The minimum absolute atomic E-state index is 0.183. The first-order valence-corrected chi connectivity index (χ1v) is 4.91. The number of nitrogen functional groups attached to an aromatic ring is 1. The first-order chi connectivity index (χ1) is 7.08. The van der Waals surface area contributed by atoms with Crippen LogP contribution >= 0.6 is 0 Å². The summed E-state index contributed by atoms with van der Waals surface area (Å²) in [7, 11) is 0. The quantitative estimate of drug-likeness (QED) is 0.820. The van der Waals surface area contributed by atoms with E-state index < -0.39 is 0 Å². The molecule has 0 atom stereocenters. The Morgan fingerprint density at radius 1 is 1.27 bits per heavy atom. The fourth-order valence-electron chi connectivity index (χ4n) is 1.47. The molecule has 0 saturated carbocycles. The van der Waals surface area contributed by atoms with Crippen molar-refractivity contribution < 1.29 is 8.83 Å². The number of nitrogens with two attached hydrogens (primary N) is 1. The molecule has 0 fully saturated rings. The molecule has 0 unspecified atom stereocenters. The number of hydrogen-bond acceptors (Lipinski definition) is 4. The molecule has 0 radical (unpaired) electrons. The van der Waals surface area contributed by atoms with Crippen molar-refractivity contribution in [3.05, 3.63) is 23.6 Å². The molecule has 2 aromatic heterocycles. The summed E-state index contributed by atoms with van der Waals surface area (Å²) in [6.07, 6.45) is 0. The van der Waals surface area contributed by atoms with Gasteiger partial charge in [0.25, 0.3) is 6.01 Å². The molecule has 0 aliphatic heterocycles. The Morgan fingerprint density at radius 2 is 2.00 bits per heavy atom. The van der Waals surface area contributed by atoms with Gasteiger partial charge in [-0.3, -0.25) is 0 Å². The molecule has 80 valence electrons. The number of nitrogens with zero attached hydrogens (tertiary/aromatic N) is 1. The summed E-state index contributed by atoms with van der Waals surface area (Å²) >= 11 is 0. The largest absolute Gasteiger partial charge is 0.458 e. The van der Waals surface area contributed by atoms with Crippen LogP contribution in [-0.4, -0.2) is 4.98 Å². The summed E-state index contributed by atoms with van der Waals surface area (Å²) < 4.78 is 10.8. The van der Waals surface area contributed by atoms with Gasteiger partial charge in [0, 0.05) is 0 Å². The zero-order chi connectivity index (χ0) is 11.0. The zero-order valence-electron chi connectivity index (χ0n) is 9.07. The highest BCUT2D eigenvalue weighted by molar-refractivity contribution is 5.55. The molecule has 15 heavy (non-hydrogen) atoms. The lowest BCUT2D eigenvalue weighted by Gasteiger charge is -2.00. The Labute approximate surface area is 88.1 Å². The fraction of sp³-hybridized carbons (Fsp3) is 0.364. The molecule has 0 bridgehead atoms. The van der Waals surface area contributed by atoms with Crippen molar-refractivity contribution in [3.63, 3.8) is 0 Å². The van der Waals surface area contributed by atoms with Crippen molar-refractivity contribution in [1.82, 2.24) is 4.98 Å². The maximum absolute atomic E-state index is 5.54. The van der Waals surface area contributed by atoms with Gasteiger partial charge in [-0.2, -0.15) is 4.98 Å². The van der Waals surface area contributed by atoms with E-state index in [-0.39, 0.29) is 11.9 Å². The number of oxazole rings is 1. The average molecular weight is 206 g/mol. The van der Waals surface area contributed by atoms with Crippen LogP contribution in [0.5, 0.6) is 0 Å². The van der Waals surface area contributed by atoms with Crippen LogP contribution in [0.3, 0.4) is 0 Å². The van der Waals surface area contributed by atoms with Crippen LogP contribution in [0.1, 0.15) is 31.2 Å². The van der Waals surface area contributed by atoms with Crippen LogP contribution in [0.2, 0.25) is 0 Å². The lowest BCUT2D eigenvalue weighted by Crippen LogP contribution is -1.91. The van der Waals surface area contributed by atoms with Crippen molar-refractivity contribution in [1.29, 1.82) is 0 Å². The molecule has 2 aromatic rings. The van der Waals surface area contributed by atoms with Gasteiger partial charge in [0.2, 0.25) is 0 Å². The van der Waals surface area contributed by atoms with Gasteiger partial charge in [-0.15, -0.1) is 0 Å². The second-order valence-electron chi connectivity index (χ2n) is 3.83. The molecule has 2 rings (SSSR count). The number of aromatic nitrogens is 1. The van der Waals surface area contributed by atoms with Crippen molar-refractivity contribution in [2.45, 2.75) is 26.7 Å². The molecule has 0 aliphatic carbocycles. The van der Waals surface area contributed by atoms with Crippen LogP contribution in [0.15, 0.2) is 21.0 Å². The third kappa shape index (κ3) is 1.75. The molecule has 0 aliphatic rings. The Kier molecular flexibility index (Phi) is 2.26. The third-order valence-electron chi connectivity index (χ3n) is 2.18. The molecule has 4 nitrogen and oxygen atoms in total. The SMILES string of the molecule is Cc1ccc(-c2oc(N)nc2C(C)C)o1. The van der Waals surface area contributed by atoms with Gasteiger partial charge in [-0.05, 0) is 25.0 Å². The standard InChI is InChI=1S/C11H14N2O2/c1-6(2)9-10(15-11(12)13-9)8-5-4-7(3)14-8/h4-6H,1-3H3,(H2,12,13). The number of furan rings is 1. The lowest BCUT2D eigenvalue weighted by atomic mass is 10.1.